The zero-order valence-corrected chi connectivity index (χ0v) is 23.7. The number of pyridine rings is 1. The number of nitrogens with zero attached hydrogens (tertiary/aromatic N) is 5. The molecule has 1 amide bonds. The molecule has 3 atom stereocenters. The van der Waals surface area contributed by atoms with Crippen LogP contribution in [-0.2, 0) is 29.1 Å². The average Bonchev–Trinajstić information content (AvgIpc) is 3.60. The summed E-state index contributed by atoms with van der Waals surface area (Å²) >= 11 is 6.16. The Balaban J connectivity index is 1.39. The van der Waals surface area contributed by atoms with E-state index in [1.165, 1.54) is 21.4 Å². The number of aromatic nitrogens is 4. The van der Waals surface area contributed by atoms with Crippen molar-refractivity contribution in [3.8, 4) is 0 Å². The Bertz CT molecular complexity index is 1790. The number of Topliss-reactive ketones (excluding diaryl/α,β-unsaturated/α-hetero) is 1. The SMILES string of the molecule is CC1CNCCN1c1cc(NC(=O)Cn2cc(C3=CC(=CO)C(=O)C(F)C3F)c3c(=O)n4c(nc32)CCC4)c(Cl)c(F)n1. The van der Waals surface area contributed by atoms with Crippen molar-refractivity contribution in [3.63, 3.8) is 0 Å². The van der Waals surface area contributed by atoms with Crippen LogP contribution in [0.4, 0.5) is 24.7 Å². The fraction of sp³-hybridized carbons (Fsp3) is 0.393. The number of piperazine rings is 1. The summed E-state index contributed by atoms with van der Waals surface area (Å²) in [6.07, 6.45) is -1.22. The Hall–Kier alpha value is -4.17. The molecular formula is C28H27ClF3N7O4. The number of nitrogens with one attached hydrogen (secondary N) is 2. The van der Waals surface area contributed by atoms with E-state index in [-0.39, 0.29) is 38.9 Å². The van der Waals surface area contributed by atoms with Gasteiger partial charge in [0.05, 0.1) is 22.9 Å². The number of carbonyl (C=O) groups is 2. The highest BCUT2D eigenvalue weighted by molar-refractivity contribution is 6.33. The van der Waals surface area contributed by atoms with Gasteiger partial charge in [-0.1, -0.05) is 11.6 Å². The van der Waals surface area contributed by atoms with Crippen LogP contribution in [0.25, 0.3) is 16.6 Å². The molecule has 0 saturated carbocycles. The largest absolute Gasteiger partial charge is 0.515 e. The molecule has 0 bridgehead atoms. The molecule has 3 aromatic heterocycles. The fourth-order valence-corrected chi connectivity index (χ4v) is 5.96. The van der Waals surface area contributed by atoms with Crippen LogP contribution in [0.3, 0.4) is 0 Å². The van der Waals surface area contributed by atoms with Gasteiger partial charge in [0, 0.05) is 56.5 Å². The average molecular weight is 618 g/mol. The molecule has 1 aliphatic carbocycles. The number of allylic oxidation sites excluding steroid dienone is 3. The van der Waals surface area contributed by atoms with E-state index >= 15 is 4.39 Å². The second-order valence-corrected chi connectivity index (χ2v) is 11.1. The third-order valence-electron chi connectivity index (χ3n) is 7.98. The summed E-state index contributed by atoms with van der Waals surface area (Å²) in [5.41, 5.74) is -1.33. The minimum absolute atomic E-state index is 0.0100. The second-order valence-electron chi connectivity index (χ2n) is 10.7. The number of hydrogen-bond acceptors (Lipinski definition) is 8. The quantitative estimate of drug-likeness (QED) is 0.226. The van der Waals surface area contributed by atoms with E-state index in [2.05, 4.69) is 20.6 Å². The fourth-order valence-electron chi connectivity index (χ4n) is 5.81. The molecule has 2 aliphatic heterocycles. The predicted octanol–water partition coefficient (Wildman–Crippen LogP) is 2.85. The Morgan fingerprint density at radius 3 is 2.79 bits per heavy atom. The molecule has 1 saturated heterocycles. The van der Waals surface area contributed by atoms with E-state index in [0.717, 1.165) is 6.08 Å². The van der Waals surface area contributed by atoms with Crippen LogP contribution in [0, 0.1) is 5.95 Å². The number of aliphatic hydroxyl groups is 1. The first kappa shape index (κ1) is 28.9. The zero-order valence-electron chi connectivity index (χ0n) is 22.9. The molecule has 6 rings (SSSR count). The standard InChI is InChI=1S/C28H27ClF3N7O4/c1-13-9-33-4-6-38(13)19-8-17(22(29)26(32)35-19)34-20(41)11-37-10-16(15-7-14(12-40)25(42)24(31)23(15)30)21-27(37)36-18-3-2-5-39(18)28(21)43/h7-8,10,12-13,23-24,33,40H,2-6,9,11H2,1H3,(H,34,35,41). The van der Waals surface area contributed by atoms with E-state index in [1.54, 1.807) is 0 Å². The molecule has 3 aliphatic rings. The number of carbonyl (C=O) groups excluding carboxylic acids is 2. The zero-order chi connectivity index (χ0) is 30.6. The molecule has 0 radical (unpaired) electrons. The highest BCUT2D eigenvalue weighted by Crippen LogP contribution is 2.36. The molecule has 11 nitrogen and oxygen atoms in total. The van der Waals surface area contributed by atoms with Crippen LogP contribution < -0.4 is 21.1 Å². The first-order valence-corrected chi connectivity index (χ1v) is 14.1. The predicted molar refractivity (Wildman–Crippen MR) is 153 cm³/mol. The van der Waals surface area contributed by atoms with Gasteiger partial charge in [0.25, 0.3) is 5.56 Å². The maximum atomic E-state index is 15.2. The Morgan fingerprint density at radius 1 is 1.26 bits per heavy atom. The number of hydrogen-bond donors (Lipinski definition) is 3. The number of anilines is 2. The van der Waals surface area contributed by atoms with Crippen LogP contribution in [0.5, 0.6) is 0 Å². The third-order valence-corrected chi connectivity index (χ3v) is 8.33. The molecule has 0 aromatic carbocycles. The van der Waals surface area contributed by atoms with Crippen molar-refractivity contribution >= 4 is 51.4 Å². The molecule has 43 heavy (non-hydrogen) atoms. The van der Waals surface area contributed by atoms with E-state index < -0.39 is 47.7 Å². The molecule has 5 heterocycles. The highest BCUT2D eigenvalue weighted by atomic mass is 35.5. The van der Waals surface area contributed by atoms with Gasteiger partial charge in [-0.3, -0.25) is 19.0 Å². The number of aryl methyl sites for hydroxylation is 1. The summed E-state index contributed by atoms with van der Waals surface area (Å²) in [4.78, 5) is 49.3. The molecule has 0 spiro atoms. The minimum Gasteiger partial charge on any atom is -0.515 e. The van der Waals surface area contributed by atoms with Gasteiger partial charge in [-0.15, -0.1) is 0 Å². The first-order valence-electron chi connectivity index (χ1n) is 13.7. The molecule has 226 valence electrons. The number of ketones is 1. The van der Waals surface area contributed by atoms with Gasteiger partial charge in [-0.25, -0.2) is 18.7 Å². The number of aliphatic hydroxyl groups excluding tert-OH is 1. The minimum atomic E-state index is -2.60. The first-order chi connectivity index (χ1) is 20.6. The maximum absolute atomic E-state index is 15.2. The Morgan fingerprint density at radius 2 is 2.05 bits per heavy atom. The smallest absolute Gasteiger partial charge is 0.263 e. The van der Waals surface area contributed by atoms with E-state index in [9.17, 15) is 28.3 Å². The number of amides is 1. The topological polar surface area (TPSA) is 134 Å². The Kier molecular flexibility index (Phi) is 7.50. The summed E-state index contributed by atoms with van der Waals surface area (Å²) in [5, 5.41) is 14.8. The van der Waals surface area contributed by atoms with Crippen molar-refractivity contribution in [1.82, 2.24) is 24.4 Å². The molecule has 3 N–H and O–H groups in total. The molecule has 3 aromatic rings. The van der Waals surface area contributed by atoms with Crippen LogP contribution >= 0.6 is 11.6 Å². The van der Waals surface area contributed by atoms with E-state index in [0.29, 0.717) is 56.9 Å². The highest BCUT2D eigenvalue weighted by Gasteiger charge is 2.39. The Labute approximate surface area is 247 Å². The lowest BCUT2D eigenvalue weighted by atomic mass is 9.87. The van der Waals surface area contributed by atoms with Crippen molar-refractivity contribution in [2.75, 3.05) is 29.9 Å². The van der Waals surface area contributed by atoms with Gasteiger partial charge in [0.2, 0.25) is 17.6 Å². The van der Waals surface area contributed by atoms with Gasteiger partial charge in [-0.2, -0.15) is 4.39 Å². The van der Waals surface area contributed by atoms with Gasteiger partial charge in [0.15, 0.2) is 12.3 Å². The van der Waals surface area contributed by atoms with Crippen molar-refractivity contribution in [1.29, 1.82) is 0 Å². The number of rotatable bonds is 5. The van der Waals surface area contributed by atoms with Crippen LogP contribution in [0.15, 0.2) is 35.0 Å². The lowest BCUT2D eigenvalue weighted by Crippen LogP contribution is -2.50. The summed E-state index contributed by atoms with van der Waals surface area (Å²) in [7, 11) is 0. The molecular weight excluding hydrogens is 591 g/mol. The third kappa shape index (κ3) is 4.97. The van der Waals surface area contributed by atoms with Gasteiger partial charge >= 0.3 is 0 Å². The summed E-state index contributed by atoms with van der Waals surface area (Å²) in [5.74, 6) is -2.08. The molecule has 15 heteroatoms. The monoisotopic (exact) mass is 617 g/mol. The van der Waals surface area contributed by atoms with Gasteiger partial charge in [0.1, 0.15) is 28.9 Å². The van der Waals surface area contributed by atoms with Gasteiger partial charge in [-0.05, 0) is 25.0 Å². The summed E-state index contributed by atoms with van der Waals surface area (Å²) in [6.45, 7) is 3.78. The second kappa shape index (κ2) is 11.2. The lowest BCUT2D eigenvalue weighted by Gasteiger charge is -2.35. The van der Waals surface area contributed by atoms with Crippen molar-refractivity contribution in [2.24, 2.45) is 0 Å². The van der Waals surface area contributed by atoms with Crippen LogP contribution in [-0.4, -0.2) is 73.9 Å². The lowest BCUT2D eigenvalue weighted by molar-refractivity contribution is -0.121. The normalized spacial score (nSPS) is 23.1. The van der Waals surface area contributed by atoms with Crippen molar-refractivity contribution in [2.45, 2.75) is 51.2 Å². The van der Waals surface area contributed by atoms with E-state index in [4.69, 9.17) is 11.6 Å². The summed E-state index contributed by atoms with van der Waals surface area (Å²) in [6, 6.07) is 1.49. The van der Waals surface area contributed by atoms with Gasteiger partial charge < -0.3 is 25.2 Å². The van der Waals surface area contributed by atoms with Crippen molar-refractivity contribution in [3.05, 3.63) is 62.9 Å². The van der Waals surface area contributed by atoms with E-state index in [1.807, 2.05) is 11.8 Å². The molecule has 3 unspecified atom stereocenters. The number of halogens is 4. The van der Waals surface area contributed by atoms with Crippen molar-refractivity contribution < 1.29 is 27.9 Å². The number of alkyl halides is 2. The molecule has 1 fully saturated rings. The maximum Gasteiger partial charge on any atom is 0.263 e. The summed E-state index contributed by atoms with van der Waals surface area (Å²) < 4.78 is 47.4. The van der Waals surface area contributed by atoms with Crippen LogP contribution in [0.1, 0.15) is 24.7 Å². The number of fused-ring (bicyclic) bond motifs is 2. The van der Waals surface area contributed by atoms with Crippen LogP contribution in [0.2, 0.25) is 5.02 Å².